The lowest BCUT2D eigenvalue weighted by molar-refractivity contribution is -0.137. The molecule has 0 amide bonds. The molecule has 2 heterocycles. The Kier molecular flexibility index (Phi) is 6.81. The van der Waals surface area contributed by atoms with Crippen molar-refractivity contribution in [3.63, 3.8) is 0 Å². The Morgan fingerprint density at radius 3 is 2.20 bits per heavy atom. The molecular formula is C24H13F5N2OS3. The molecule has 0 unspecified atom stereocenters. The van der Waals surface area contributed by atoms with Crippen LogP contribution >= 0.6 is 36.6 Å². The number of benzene rings is 2. The van der Waals surface area contributed by atoms with Crippen molar-refractivity contribution < 1.29 is 22.0 Å². The van der Waals surface area contributed by atoms with Crippen LogP contribution < -0.4 is 5.56 Å². The van der Waals surface area contributed by atoms with Crippen LogP contribution in [0.2, 0.25) is 0 Å². The molecule has 4 aromatic rings. The first-order valence-corrected chi connectivity index (χ1v) is 11.5. The molecule has 178 valence electrons. The summed E-state index contributed by atoms with van der Waals surface area (Å²) in [5, 5.41) is 9.31. The molecule has 0 spiro atoms. The Balaban J connectivity index is 1.94. The minimum atomic E-state index is -4.97. The molecule has 0 aliphatic carbocycles. The van der Waals surface area contributed by atoms with Crippen molar-refractivity contribution in [1.29, 1.82) is 5.26 Å². The summed E-state index contributed by atoms with van der Waals surface area (Å²) in [5.41, 5.74) is -3.30. The molecule has 35 heavy (non-hydrogen) atoms. The SMILES string of the molecule is N#Cc1c(C(F)(F)F)cc(-c2ccc(-c3cc(S)cc(S)c3)s2)n(Cc2ccc(F)cc2F)c1=O. The number of hydrogen-bond donors (Lipinski definition) is 2. The van der Waals surface area contributed by atoms with E-state index in [4.69, 9.17) is 0 Å². The predicted octanol–water partition coefficient (Wildman–Crippen LogP) is 7.04. The van der Waals surface area contributed by atoms with Gasteiger partial charge in [-0.25, -0.2) is 8.78 Å². The third-order valence-corrected chi connectivity index (χ3v) is 6.78. The van der Waals surface area contributed by atoms with Crippen molar-refractivity contribution in [3.8, 4) is 27.1 Å². The highest BCUT2D eigenvalue weighted by Gasteiger charge is 2.36. The highest BCUT2D eigenvalue weighted by Crippen LogP contribution is 2.39. The van der Waals surface area contributed by atoms with Gasteiger partial charge >= 0.3 is 6.18 Å². The van der Waals surface area contributed by atoms with Crippen LogP contribution in [-0.2, 0) is 12.7 Å². The van der Waals surface area contributed by atoms with Gasteiger partial charge in [0.1, 0.15) is 23.3 Å². The largest absolute Gasteiger partial charge is 0.417 e. The molecule has 0 fully saturated rings. The fraction of sp³-hybridized carbons (Fsp3) is 0.0833. The van der Waals surface area contributed by atoms with Crippen LogP contribution in [0.15, 0.2) is 69.2 Å². The maximum Gasteiger partial charge on any atom is 0.417 e. The number of pyridine rings is 1. The fourth-order valence-electron chi connectivity index (χ4n) is 3.53. The normalized spacial score (nSPS) is 11.5. The van der Waals surface area contributed by atoms with Crippen molar-refractivity contribution in [2.75, 3.05) is 0 Å². The standard InChI is InChI=1S/C24H13F5N2OS3/c25-14-2-1-12(19(26)7-14)11-31-20(9-18(24(27,28)29)17(10-30)23(31)32)22-4-3-21(35-22)13-5-15(33)8-16(34)6-13/h1-9,33-34H,11H2. The lowest BCUT2D eigenvalue weighted by atomic mass is 10.1. The van der Waals surface area contributed by atoms with Gasteiger partial charge in [0.15, 0.2) is 0 Å². The first kappa shape index (κ1) is 25.0. The molecule has 0 saturated heterocycles. The summed E-state index contributed by atoms with van der Waals surface area (Å²) >= 11 is 9.72. The Hall–Kier alpha value is -3.07. The molecule has 2 aromatic carbocycles. The van der Waals surface area contributed by atoms with Gasteiger partial charge in [-0.3, -0.25) is 4.79 Å². The second kappa shape index (κ2) is 9.53. The van der Waals surface area contributed by atoms with Gasteiger partial charge in [0.2, 0.25) is 0 Å². The van der Waals surface area contributed by atoms with Gasteiger partial charge in [-0.05, 0) is 48.0 Å². The van der Waals surface area contributed by atoms with Crippen molar-refractivity contribution >= 4 is 36.6 Å². The van der Waals surface area contributed by atoms with Gasteiger partial charge in [-0.2, -0.15) is 18.4 Å². The molecule has 0 radical (unpaired) electrons. The zero-order valence-corrected chi connectivity index (χ0v) is 20.0. The van der Waals surface area contributed by atoms with Crippen molar-refractivity contribution in [1.82, 2.24) is 4.57 Å². The summed E-state index contributed by atoms with van der Waals surface area (Å²) < 4.78 is 69.7. The number of aromatic nitrogens is 1. The number of nitrogens with zero attached hydrogens (tertiary/aromatic N) is 2. The Morgan fingerprint density at radius 1 is 0.943 bits per heavy atom. The molecule has 0 N–H and O–H groups in total. The van der Waals surface area contributed by atoms with E-state index in [0.717, 1.165) is 28.0 Å². The number of thiophene rings is 1. The van der Waals surface area contributed by atoms with Crippen LogP contribution in [0.1, 0.15) is 16.7 Å². The maximum absolute atomic E-state index is 14.3. The molecule has 0 atom stereocenters. The van der Waals surface area contributed by atoms with Crippen LogP contribution in [0.5, 0.6) is 0 Å². The average molecular weight is 537 g/mol. The first-order valence-electron chi connectivity index (χ1n) is 9.80. The number of rotatable bonds is 4. The number of nitriles is 1. The zero-order chi connectivity index (χ0) is 25.5. The first-order chi connectivity index (χ1) is 16.5. The van der Waals surface area contributed by atoms with Gasteiger partial charge in [-0.1, -0.05) is 6.07 Å². The van der Waals surface area contributed by atoms with Gasteiger partial charge in [0.05, 0.1) is 22.7 Å². The molecule has 0 saturated carbocycles. The average Bonchev–Trinajstić information content (AvgIpc) is 3.25. The quantitative estimate of drug-likeness (QED) is 0.217. The van der Waals surface area contributed by atoms with Gasteiger partial charge < -0.3 is 4.57 Å². The Labute approximate surface area is 210 Å². The topological polar surface area (TPSA) is 45.8 Å². The summed E-state index contributed by atoms with van der Waals surface area (Å²) in [6.45, 7) is -0.507. The van der Waals surface area contributed by atoms with Gasteiger partial charge in [0.25, 0.3) is 5.56 Å². The van der Waals surface area contributed by atoms with Gasteiger partial charge in [-0.15, -0.1) is 36.6 Å². The summed E-state index contributed by atoms with van der Waals surface area (Å²) in [6, 6.07) is 13.1. The number of halogens is 5. The highest BCUT2D eigenvalue weighted by molar-refractivity contribution is 7.81. The second-order valence-electron chi connectivity index (χ2n) is 7.46. The summed E-state index contributed by atoms with van der Waals surface area (Å²) in [4.78, 5) is 15.2. The highest BCUT2D eigenvalue weighted by atomic mass is 32.1. The number of thiol groups is 2. The molecule has 4 rings (SSSR count). The molecule has 3 nitrogen and oxygen atoms in total. The minimum absolute atomic E-state index is 0.127. The van der Waals surface area contributed by atoms with E-state index in [9.17, 15) is 32.0 Å². The van der Waals surface area contributed by atoms with Gasteiger partial charge in [0, 0.05) is 26.3 Å². The van der Waals surface area contributed by atoms with Crippen molar-refractivity contribution in [3.05, 3.63) is 93.3 Å². The fourth-order valence-corrected chi connectivity index (χ4v) is 5.20. The predicted molar refractivity (Wildman–Crippen MR) is 129 cm³/mol. The van der Waals surface area contributed by atoms with Crippen LogP contribution in [0.4, 0.5) is 22.0 Å². The molecule has 0 aliphatic heterocycles. The summed E-state index contributed by atoms with van der Waals surface area (Å²) in [5.74, 6) is -1.82. The summed E-state index contributed by atoms with van der Waals surface area (Å²) in [7, 11) is 0. The lowest BCUT2D eigenvalue weighted by Crippen LogP contribution is -2.28. The number of alkyl halides is 3. The third-order valence-electron chi connectivity index (χ3n) is 5.11. The van der Waals surface area contributed by atoms with Crippen molar-refractivity contribution in [2.24, 2.45) is 0 Å². The molecule has 0 bridgehead atoms. The monoisotopic (exact) mass is 536 g/mol. The zero-order valence-electron chi connectivity index (χ0n) is 17.4. The summed E-state index contributed by atoms with van der Waals surface area (Å²) in [6.07, 6.45) is -4.97. The second-order valence-corrected chi connectivity index (χ2v) is 9.57. The van der Waals surface area contributed by atoms with Crippen LogP contribution in [0.3, 0.4) is 0 Å². The molecular weight excluding hydrogens is 523 g/mol. The Bertz CT molecular complexity index is 1530. The third kappa shape index (κ3) is 5.15. The lowest BCUT2D eigenvalue weighted by Gasteiger charge is -2.17. The smallest absolute Gasteiger partial charge is 0.302 e. The molecule has 0 aliphatic rings. The number of hydrogen-bond acceptors (Lipinski definition) is 5. The van der Waals surface area contributed by atoms with Crippen LogP contribution in [-0.4, -0.2) is 4.57 Å². The van der Waals surface area contributed by atoms with E-state index in [1.54, 1.807) is 24.3 Å². The molecule has 11 heteroatoms. The van der Waals surface area contributed by atoms with E-state index < -0.39 is 41.0 Å². The van der Waals surface area contributed by atoms with E-state index in [-0.39, 0.29) is 16.1 Å². The van der Waals surface area contributed by atoms with Crippen LogP contribution in [0.25, 0.3) is 21.0 Å². The Morgan fingerprint density at radius 2 is 1.60 bits per heavy atom. The van der Waals surface area contributed by atoms with E-state index >= 15 is 0 Å². The van der Waals surface area contributed by atoms with E-state index in [1.165, 1.54) is 12.1 Å². The maximum atomic E-state index is 14.3. The van der Waals surface area contributed by atoms with E-state index in [0.29, 0.717) is 32.4 Å². The minimum Gasteiger partial charge on any atom is -0.302 e. The molecule has 2 aromatic heterocycles. The van der Waals surface area contributed by atoms with Crippen LogP contribution in [0, 0.1) is 23.0 Å². The van der Waals surface area contributed by atoms with E-state index in [1.807, 2.05) is 0 Å². The van der Waals surface area contributed by atoms with E-state index in [2.05, 4.69) is 25.3 Å². The van der Waals surface area contributed by atoms with Crippen molar-refractivity contribution in [2.45, 2.75) is 22.5 Å².